The van der Waals surface area contributed by atoms with Crippen molar-refractivity contribution in [3.63, 3.8) is 0 Å². The largest absolute Gasteiger partial charge is 0.494 e. The van der Waals surface area contributed by atoms with Gasteiger partial charge in [-0.3, -0.25) is 19.0 Å². The minimum Gasteiger partial charge on any atom is -0.494 e. The Morgan fingerprint density at radius 3 is 2.46 bits per heavy atom. The van der Waals surface area contributed by atoms with Crippen molar-refractivity contribution in [2.45, 2.75) is 52.2 Å². The highest BCUT2D eigenvalue weighted by Gasteiger charge is 2.16. The molecule has 0 saturated carbocycles. The number of Topliss-reactive ketones (excluding diaryl/α,β-unsaturated/α-hetero) is 1. The van der Waals surface area contributed by atoms with Gasteiger partial charge in [-0.1, -0.05) is 32.5 Å². The second-order valence-corrected chi connectivity index (χ2v) is 9.63. The Hall–Kier alpha value is -3.13. The lowest BCUT2D eigenvalue weighted by Gasteiger charge is -2.14. The van der Waals surface area contributed by atoms with Gasteiger partial charge < -0.3 is 10.1 Å². The molecule has 1 aromatic heterocycles. The Kier molecular flexibility index (Phi) is 9.48. The molecule has 0 fully saturated rings. The summed E-state index contributed by atoms with van der Waals surface area (Å²) in [5, 5.41) is 3.79. The fourth-order valence-corrected chi connectivity index (χ4v) is 4.41. The van der Waals surface area contributed by atoms with E-state index in [1.165, 1.54) is 11.8 Å². The molecule has 0 radical (unpaired) electrons. The predicted octanol–water partition coefficient (Wildman–Crippen LogP) is 4.96. The number of ether oxygens (including phenoxy) is 1. The van der Waals surface area contributed by atoms with Crippen LogP contribution in [0, 0.1) is 5.92 Å². The van der Waals surface area contributed by atoms with E-state index in [2.05, 4.69) is 19.2 Å². The molecule has 2 aromatic carbocycles. The summed E-state index contributed by atoms with van der Waals surface area (Å²) in [6.45, 7) is 9.75. The van der Waals surface area contributed by atoms with Gasteiger partial charge in [-0.15, -0.1) is 0 Å². The summed E-state index contributed by atoms with van der Waals surface area (Å²) in [6, 6.07) is 12.0. The Bertz CT molecular complexity index is 1240. The number of amides is 1. The third kappa shape index (κ3) is 6.94. The third-order valence-electron chi connectivity index (χ3n) is 5.47. The first-order valence-electron chi connectivity index (χ1n) is 12.1. The van der Waals surface area contributed by atoms with Gasteiger partial charge in [0.2, 0.25) is 0 Å². The molecule has 0 bridgehead atoms. The van der Waals surface area contributed by atoms with Crippen LogP contribution in [0.4, 0.5) is 0 Å². The van der Waals surface area contributed by atoms with Crippen molar-refractivity contribution in [2.24, 2.45) is 5.92 Å². The zero-order valence-electron chi connectivity index (χ0n) is 20.8. The first-order chi connectivity index (χ1) is 16.8. The van der Waals surface area contributed by atoms with Gasteiger partial charge in [-0.25, -0.2) is 4.98 Å². The zero-order chi connectivity index (χ0) is 25.4. The normalized spacial score (nSPS) is 11.1. The van der Waals surface area contributed by atoms with E-state index >= 15 is 0 Å². The first-order valence-corrected chi connectivity index (χ1v) is 13.0. The maximum absolute atomic E-state index is 13.3. The van der Waals surface area contributed by atoms with Gasteiger partial charge >= 0.3 is 0 Å². The standard InChI is InChI=1S/C27H33N3O4S/c1-5-14-28-25(32)20-9-12-22-23(16-20)29-27(30(26(22)33)15-13-18(3)4)35-17-24(31)19-7-10-21(11-8-19)34-6-2/h7-12,16,18H,5-6,13-15,17H2,1-4H3,(H,28,32). The molecule has 0 spiro atoms. The van der Waals surface area contributed by atoms with E-state index in [9.17, 15) is 14.4 Å². The molecule has 3 rings (SSSR count). The predicted molar refractivity (Wildman–Crippen MR) is 141 cm³/mol. The van der Waals surface area contributed by atoms with Crippen LogP contribution in [-0.4, -0.2) is 40.1 Å². The van der Waals surface area contributed by atoms with E-state index in [1.54, 1.807) is 47.0 Å². The minimum absolute atomic E-state index is 0.0597. The highest BCUT2D eigenvalue weighted by molar-refractivity contribution is 7.99. The van der Waals surface area contributed by atoms with E-state index in [0.29, 0.717) is 58.6 Å². The number of aromatic nitrogens is 2. The summed E-state index contributed by atoms with van der Waals surface area (Å²) < 4.78 is 7.09. The summed E-state index contributed by atoms with van der Waals surface area (Å²) in [4.78, 5) is 43.3. The summed E-state index contributed by atoms with van der Waals surface area (Å²) in [5.74, 6) is 1.01. The number of hydrogen-bond donors (Lipinski definition) is 1. The van der Waals surface area contributed by atoms with E-state index in [-0.39, 0.29) is 23.0 Å². The van der Waals surface area contributed by atoms with Crippen LogP contribution in [0.1, 0.15) is 61.3 Å². The summed E-state index contributed by atoms with van der Waals surface area (Å²) >= 11 is 1.24. The Labute approximate surface area is 210 Å². The van der Waals surface area contributed by atoms with Crippen LogP contribution in [0.25, 0.3) is 10.9 Å². The molecule has 3 aromatic rings. The van der Waals surface area contributed by atoms with Crippen LogP contribution in [0.2, 0.25) is 0 Å². The van der Waals surface area contributed by atoms with E-state index in [0.717, 1.165) is 12.8 Å². The van der Waals surface area contributed by atoms with Crippen LogP contribution < -0.4 is 15.6 Å². The molecule has 0 saturated heterocycles. The fraction of sp³-hybridized carbons (Fsp3) is 0.407. The molecule has 0 atom stereocenters. The maximum Gasteiger partial charge on any atom is 0.262 e. The molecule has 1 heterocycles. The lowest BCUT2D eigenvalue weighted by atomic mass is 10.1. The van der Waals surface area contributed by atoms with Gasteiger partial charge in [-0.05, 0) is 68.1 Å². The Balaban J connectivity index is 1.90. The van der Waals surface area contributed by atoms with Gasteiger partial charge in [-0.2, -0.15) is 0 Å². The van der Waals surface area contributed by atoms with Crippen LogP contribution in [-0.2, 0) is 6.54 Å². The van der Waals surface area contributed by atoms with Crippen molar-refractivity contribution in [3.8, 4) is 5.75 Å². The monoisotopic (exact) mass is 495 g/mol. The van der Waals surface area contributed by atoms with Crippen LogP contribution >= 0.6 is 11.8 Å². The molecule has 1 amide bonds. The van der Waals surface area contributed by atoms with E-state index in [4.69, 9.17) is 9.72 Å². The van der Waals surface area contributed by atoms with E-state index in [1.807, 2.05) is 13.8 Å². The number of carbonyl (C=O) groups excluding carboxylic acids is 2. The number of ketones is 1. The van der Waals surface area contributed by atoms with Crippen LogP contribution in [0.5, 0.6) is 5.75 Å². The summed E-state index contributed by atoms with van der Waals surface area (Å²) in [7, 11) is 0. The molecule has 1 N–H and O–H groups in total. The minimum atomic E-state index is -0.195. The average molecular weight is 496 g/mol. The van der Waals surface area contributed by atoms with Gasteiger partial charge in [0, 0.05) is 24.2 Å². The van der Waals surface area contributed by atoms with Crippen molar-refractivity contribution in [1.29, 1.82) is 0 Å². The zero-order valence-corrected chi connectivity index (χ0v) is 21.6. The van der Waals surface area contributed by atoms with Gasteiger partial charge in [0.1, 0.15) is 5.75 Å². The average Bonchev–Trinajstić information content (AvgIpc) is 2.85. The smallest absolute Gasteiger partial charge is 0.262 e. The number of fused-ring (bicyclic) bond motifs is 1. The molecule has 0 aliphatic heterocycles. The van der Waals surface area contributed by atoms with Crippen molar-refractivity contribution >= 4 is 34.4 Å². The summed E-state index contributed by atoms with van der Waals surface area (Å²) in [5.41, 5.74) is 1.33. The topological polar surface area (TPSA) is 90.3 Å². The van der Waals surface area contributed by atoms with Crippen molar-refractivity contribution < 1.29 is 14.3 Å². The highest BCUT2D eigenvalue weighted by Crippen LogP contribution is 2.22. The number of rotatable bonds is 12. The molecule has 186 valence electrons. The number of benzene rings is 2. The van der Waals surface area contributed by atoms with Gasteiger partial charge in [0.25, 0.3) is 11.5 Å². The number of nitrogens with zero attached hydrogens (tertiary/aromatic N) is 2. The number of hydrogen-bond acceptors (Lipinski definition) is 6. The van der Waals surface area contributed by atoms with Crippen LogP contribution in [0.15, 0.2) is 52.4 Å². The molecule has 0 unspecified atom stereocenters. The molecular weight excluding hydrogens is 462 g/mol. The van der Waals surface area contributed by atoms with Crippen LogP contribution in [0.3, 0.4) is 0 Å². The van der Waals surface area contributed by atoms with Crippen molar-refractivity contribution in [3.05, 3.63) is 63.9 Å². The number of nitrogens with one attached hydrogen (secondary N) is 1. The van der Waals surface area contributed by atoms with Gasteiger partial charge in [0.15, 0.2) is 10.9 Å². The quantitative estimate of drug-likeness (QED) is 0.217. The molecule has 7 nitrogen and oxygen atoms in total. The maximum atomic E-state index is 13.3. The summed E-state index contributed by atoms with van der Waals surface area (Å²) in [6.07, 6.45) is 1.65. The number of thioether (sulfide) groups is 1. The van der Waals surface area contributed by atoms with E-state index < -0.39 is 0 Å². The lowest BCUT2D eigenvalue weighted by molar-refractivity contribution is 0.0952. The second kappa shape index (κ2) is 12.5. The third-order valence-corrected chi connectivity index (χ3v) is 6.44. The Morgan fingerprint density at radius 2 is 1.80 bits per heavy atom. The molecule has 0 aliphatic rings. The molecule has 35 heavy (non-hydrogen) atoms. The molecular formula is C27H33N3O4S. The fourth-order valence-electron chi connectivity index (χ4n) is 3.49. The second-order valence-electron chi connectivity index (χ2n) is 8.69. The SMILES string of the molecule is CCCNC(=O)c1ccc2c(=O)n(CCC(C)C)c(SCC(=O)c3ccc(OCC)cc3)nc2c1. The Morgan fingerprint density at radius 1 is 1.09 bits per heavy atom. The lowest BCUT2D eigenvalue weighted by Crippen LogP contribution is -2.26. The van der Waals surface area contributed by atoms with Gasteiger partial charge in [0.05, 0.1) is 23.3 Å². The van der Waals surface area contributed by atoms with Crippen molar-refractivity contribution in [1.82, 2.24) is 14.9 Å². The highest BCUT2D eigenvalue weighted by atomic mass is 32.2. The molecule has 8 heteroatoms. The first kappa shape index (κ1) is 26.5. The number of carbonyl (C=O) groups is 2. The molecule has 0 aliphatic carbocycles. The van der Waals surface area contributed by atoms with Crippen molar-refractivity contribution in [2.75, 3.05) is 18.9 Å².